The highest BCUT2D eigenvalue weighted by atomic mass is 32.1. The molecule has 2 aromatic carbocycles. The Balaban J connectivity index is 1.15. The normalized spacial score (nSPS) is 14.8. The van der Waals surface area contributed by atoms with E-state index in [4.69, 9.17) is 12.2 Å². The van der Waals surface area contributed by atoms with E-state index in [-0.39, 0.29) is 11.5 Å². The first kappa shape index (κ1) is 25.3. The molecule has 0 aliphatic carbocycles. The van der Waals surface area contributed by atoms with Gasteiger partial charge in [0.05, 0.1) is 10.9 Å². The van der Waals surface area contributed by atoms with Crippen molar-refractivity contribution in [2.45, 2.75) is 51.5 Å². The molecule has 0 spiro atoms. The molecule has 2 heterocycles. The van der Waals surface area contributed by atoms with Crippen LogP contribution in [-0.4, -0.2) is 58.0 Å². The predicted octanol–water partition coefficient (Wildman–Crippen LogP) is 4.79. The smallest absolute Gasteiger partial charge is 0.262 e. The van der Waals surface area contributed by atoms with Crippen LogP contribution in [0.25, 0.3) is 10.9 Å². The van der Waals surface area contributed by atoms with Crippen LogP contribution in [0.4, 0.5) is 0 Å². The van der Waals surface area contributed by atoms with E-state index in [9.17, 15) is 9.59 Å². The van der Waals surface area contributed by atoms with Crippen molar-refractivity contribution in [3.63, 3.8) is 0 Å². The highest BCUT2D eigenvalue weighted by Gasteiger charge is 2.18. The molecule has 0 saturated carbocycles. The Hall–Kier alpha value is -2.77. The quantitative estimate of drug-likeness (QED) is 0.327. The fraction of sp³-hybridized carbons (Fsp3) is 0.464. The molecule has 0 atom stereocenters. The predicted molar refractivity (Wildman–Crippen MR) is 144 cm³/mol. The Kier molecular flexibility index (Phi) is 9.26. The second kappa shape index (κ2) is 12.8. The highest BCUT2D eigenvalue weighted by molar-refractivity contribution is 7.71. The number of carbonyl (C=O) groups is 1. The molecule has 1 aliphatic rings. The molecule has 1 amide bonds. The number of hydrogen-bond donors (Lipinski definition) is 1. The molecule has 1 aromatic heterocycles. The van der Waals surface area contributed by atoms with E-state index in [0.717, 1.165) is 76.8 Å². The maximum atomic E-state index is 12.8. The first-order valence-corrected chi connectivity index (χ1v) is 13.3. The van der Waals surface area contributed by atoms with Gasteiger partial charge in [-0.15, -0.1) is 0 Å². The molecule has 186 valence electrons. The summed E-state index contributed by atoms with van der Waals surface area (Å²) < 4.78 is 2.10. The summed E-state index contributed by atoms with van der Waals surface area (Å²) in [6.07, 6.45) is 6.46. The molecule has 4 rings (SSSR count). The summed E-state index contributed by atoms with van der Waals surface area (Å²) in [7, 11) is 0. The summed E-state index contributed by atoms with van der Waals surface area (Å²) in [6.45, 7) is 5.38. The average molecular weight is 493 g/mol. The van der Waals surface area contributed by atoms with Crippen molar-refractivity contribution in [2.75, 3.05) is 32.7 Å². The van der Waals surface area contributed by atoms with Gasteiger partial charge in [0.1, 0.15) is 0 Å². The van der Waals surface area contributed by atoms with Gasteiger partial charge in [-0.3, -0.25) is 14.2 Å². The maximum absolute atomic E-state index is 12.8. The number of carbonyl (C=O) groups excluding carboxylic acids is 1. The Morgan fingerprint density at radius 2 is 1.66 bits per heavy atom. The standard InChI is InChI=1S/C28H36N4O2S/c33-26(31-19-10-18-30(21-22-31)17-9-13-23-11-3-1-4-12-23)16-5-2-8-20-32-27(34)24-14-6-7-15-25(24)29-28(32)35/h1,3-4,6-7,11-12,14-15H,2,5,8-10,13,16-22H2,(H,29,35). The molecule has 0 unspecified atom stereocenters. The number of hydrogen-bond acceptors (Lipinski definition) is 4. The Labute approximate surface area is 212 Å². The van der Waals surface area contributed by atoms with E-state index in [0.29, 0.717) is 23.1 Å². The lowest BCUT2D eigenvalue weighted by atomic mass is 10.1. The lowest BCUT2D eigenvalue weighted by molar-refractivity contribution is -0.131. The summed E-state index contributed by atoms with van der Waals surface area (Å²) in [5.41, 5.74) is 2.13. The maximum Gasteiger partial charge on any atom is 0.262 e. The number of benzene rings is 2. The van der Waals surface area contributed by atoms with E-state index < -0.39 is 0 Å². The molecule has 6 nitrogen and oxygen atoms in total. The van der Waals surface area contributed by atoms with Crippen LogP contribution >= 0.6 is 12.2 Å². The number of H-pyrrole nitrogens is 1. The van der Waals surface area contributed by atoms with Gasteiger partial charge in [-0.05, 0) is 75.1 Å². The molecule has 1 N–H and O–H groups in total. The second-order valence-corrected chi connectivity index (χ2v) is 9.80. The number of unbranched alkanes of at least 4 members (excludes halogenated alkanes) is 2. The molecule has 1 fully saturated rings. The van der Waals surface area contributed by atoms with Crippen LogP contribution < -0.4 is 5.56 Å². The molecule has 0 bridgehead atoms. The van der Waals surface area contributed by atoms with Crippen molar-refractivity contribution in [1.29, 1.82) is 0 Å². The van der Waals surface area contributed by atoms with E-state index in [2.05, 4.69) is 40.2 Å². The highest BCUT2D eigenvalue weighted by Crippen LogP contribution is 2.11. The van der Waals surface area contributed by atoms with Crippen LogP contribution in [0.3, 0.4) is 0 Å². The van der Waals surface area contributed by atoms with Crippen molar-refractivity contribution < 1.29 is 4.79 Å². The summed E-state index contributed by atoms with van der Waals surface area (Å²) in [4.78, 5) is 33.2. The number of aromatic nitrogens is 2. The number of aryl methyl sites for hydroxylation is 1. The van der Waals surface area contributed by atoms with Gasteiger partial charge < -0.3 is 14.8 Å². The van der Waals surface area contributed by atoms with E-state index in [1.807, 2.05) is 29.2 Å². The molecule has 0 radical (unpaired) electrons. The number of amides is 1. The number of nitrogens with one attached hydrogen (secondary N) is 1. The molecule has 1 aliphatic heterocycles. The Bertz CT molecular complexity index is 1220. The van der Waals surface area contributed by atoms with Crippen molar-refractivity contribution in [3.05, 3.63) is 75.3 Å². The van der Waals surface area contributed by atoms with Gasteiger partial charge in [-0.1, -0.05) is 48.9 Å². The van der Waals surface area contributed by atoms with E-state index in [1.54, 1.807) is 4.57 Å². The number of fused-ring (bicyclic) bond motifs is 1. The van der Waals surface area contributed by atoms with Gasteiger partial charge in [-0.25, -0.2) is 0 Å². The van der Waals surface area contributed by atoms with Crippen LogP contribution in [0.1, 0.15) is 44.1 Å². The fourth-order valence-electron chi connectivity index (χ4n) is 4.88. The Morgan fingerprint density at radius 3 is 2.51 bits per heavy atom. The average Bonchev–Trinajstić information content (AvgIpc) is 3.12. The second-order valence-electron chi connectivity index (χ2n) is 9.41. The zero-order valence-electron chi connectivity index (χ0n) is 20.5. The van der Waals surface area contributed by atoms with Crippen molar-refractivity contribution >= 4 is 29.0 Å². The van der Waals surface area contributed by atoms with Crippen molar-refractivity contribution in [3.8, 4) is 0 Å². The summed E-state index contributed by atoms with van der Waals surface area (Å²) in [5, 5.41) is 0.659. The zero-order chi connectivity index (χ0) is 24.5. The van der Waals surface area contributed by atoms with E-state index >= 15 is 0 Å². The van der Waals surface area contributed by atoms with Crippen LogP contribution in [-0.2, 0) is 17.8 Å². The topological polar surface area (TPSA) is 61.3 Å². The molecule has 3 aromatic rings. The fourth-order valence-corrected chi connectivity index (χ4v) is 5.16. The lowest BCUT2D eigenvalue weighted by Crippen LogP contribution is -2.35. The molecule has 1 saturated heterocycles. The third-order valence-corrected chi connectivity index (χ3v) is 7.21. The zero-order valence-corrected chi connectivity index (χ0v) is 21.3. The summed E-state index contributed by atoms with van der Waals surface area (Å²) in [6, 6.07) is 18.1. The van der Waals surface area contributed by atoms with Crippen LogP contribution in [0.15, 0.2) is 59.4 Å². The molecule has 7 heteroatoms. The minimum atomic E-state index is -0.0432. The van der Waals surface area contributed by atoms with Gasteiger partial charge >= 0.3 is 0 Å². The summed E-state index contributed by atoms with van der Waals surface area (Å²) in [5.74, 6) is 0.260. The number of para-hydroxylation sites is 1. The van der Waals surface area contributed by atoms with Gasteiger partial charge in [-0.2, -0.15) is 0 Å². The summed E-state index contributed by atoms with van der Waals surface area (Å²) >= 11 is 5.39. The van der Waals surface area contributed by atoms with Gasteiger partial charge in [0.25, 0.3) is 5.56 Å². The number of aromatic amines is 1. The van der Waals surface area contributed by atoms with Crippen LogP contribution in [0.5, 0.6) is 0 Å². The van der Waals surface area contributed by atoms with Crippen molar-refractivity contribution in [1.82, 2.24) is 19.4 Å². The monoisotopic (exact) mass is 492 g/mol. The van der Waals surface area contributed by atoms with Gasteiger partial charge in [0, 0.05) is 32.6 Å². The first-order chi connectivity index (χ1) is 17.1. The number of nitrogens with zero attached hydrogens (tertiary/aromatic N) is 3. The Morgan fingerprint density at radius 1 is 0.857 bits per heavy atom. The minimum Gasteiger partial charge on any atom is -0.341 e. The van der Waals surface area contributed by atoms with Gasteiger partial charge in [0.15, 0.2) is 4.77 Å². The van der Waals surface area contributed by atoms with Crippen molar-refractivity contribution in [2.24, 2.45) is 0 Å². The first-order valence-electron chi connectivity index (χ1n) is 12.9. The lowest BCUT2D eigenvalue weighted by Gasteiger charge is -2.22. The van der Waals surface area contributed by atoms with E-state index in [1.165, 1.54) is 5.56 Å². The third-order valence-electron chi connectivity index (χ3n) is 6.89. The minimum absolute atomic E-state index is 0.0432. The van der Waals surface area contributed by atoms with Gasteiger partial charge in [0.2, 0.25) is 5.91 Å². The molecular formula is C28H36N4O2S. The van der Waals surface area contributed by atoms with Crippen LogP contribution in [0.2, 0.25) is 0 Å². The molecular weight excluding hydrogens is 456 g/mol. The molecule has 35 heavy (non-hydrogen) atoms. The van der Waals surface area contributed by atoms with Crippen LogP contribution in [0, 0.1) is 4.77 Å². The SMILES string of the molecule is O=C(CCCCCn1c(=S)[nH]c2ccccc2c1=O)N1CCCN(CCCc2ccccc2)CC1. The third kappa shape index (κ3) is 7.12. The largest absolute Gasteiger partial charge is 0.341 e. The number of rotatable bonds is 10.